The van der Waals surface area contributed by atoms with Crippen LogP contribution < -0.4 is 10.2 Å². The number of allylic oxidation sites excluding steroid dienone is 10. The molecule has 0 aromatic rings. The summed E-state index contributed by atoms with van der Waals surface area (Å²) in [6.07, 6.45) is 81.4. The number of rotatable bonds is 62. The van der Waals surface area contributed by atoms with E-state index >= 15 is 0 Å². The number of phosphoric acid groups is 1. The van der Waals surface area contributed by atoms with E-state index in [1.165, 1.54) is 225 Å². The van der Waals surface area contributed by atoms with E-state index in [4.69, 9.17) is 9.05 Å². The highest BCUT2D eigenvalue weighted by Gasteiger charge is 2.24. The SMILES string of the molecule is CC/C=C\C/C=C\C/C=C\C/C=C\C/C=C\CCCCCCCCCCCCCCCCCC(=O)NC(COP(=O)([O-])OCC[N+](C)(C)C)C(O)CCCCCCCCCCCCCCCCCCCCCCCCCCC. The summed E-state index contributed by atoms with van der Waals surface area (Å²) in [6, 6.07) is -0.804. The van der Waals surface area contributed by atoms with Crippen LogP contribution >= 0.6 is 7.82 Å². The summed E-state index contributed by atoms with van der Waals surface area (Å²) in [5.41, 5.74) is 0. The lowest BCUT2D eigenvalue weighted by Gasteiger charge is -2.30. The van der Waals surface area contributed by atoms with Crippen LogP contribution in [0.2, 0.25) is 0 Å². The van der Waals surface area contributed by atoms with E-state index in [0.29, 0.717) is 23.9 Å². The second-order valence-corrected chi connectivity index (χ2v) is 25.6. The largest absolute Gasteiger partial charge is 0.756 e. The quantitative estimate of drug-likeness (QED) is 0.0272. The molecule has 0 aliphatic carbocycles. The van der Waals surface area contributed by atoms with Gasteiger partial charge in [-0.3, -0.25) is 9.36 Å². The monoisotopic (exact) mass is 1110 g/mol. The maximum absolute atomic E-state index is 13.0. The number of quaternary nitrogens is 1. The Balaban J connectivity index is 4.05. The van der Waals surface area contributed by atoms with Gasteiger partial charge in [-0.2, -0.15) is 0 Å². The summed E-state index contributed by atoms with van der Waals surface area (Å²) in [5, 5.41) is 14.1. The van der Waals surface area contributed by atoms with Crippen LogP contribution in [-0.2, 0) is 18.4 Å². The second-order valence-electron chi connectivity index (χ2n) is 24.2. The molecule has 2 N–H and O–H groups in total. The summed E-state index contributed by atoms with van der Waals surface area (Å²) in [4.78, 5) is 25.7. The maximum atomic E-state index is 13.0. The molecule has 1 amide bonds. The first kappa shape index (κ1) is 76.2. The molecule has 0 aliphatic rings. The van der Waals surface area contributed by atoms with E-state index in [1.807, 2.05) is 21.1 Å². The minimum absolute atomic E-state index is 0.0120. The molecule has 458 valence electrons. The maximum Gasteiger partial charge on any atom is 0.268 e. The molecule has 0 aliphatic heterocycles. The first-order valence-corrected chi connectivity index (χ1v) is 35.1. The van der Waals surface area contributed by atoms with Gasteiger partial charge in [-0.05, 0) is 57.8 Å². The van der Waals surface area contributed by atoms with Crippen LogP contribution in [0.5, 0.6) is 0 Å². The lowest BCUT2D eigenvalue weighted by Crippen LogP contribution is -2.46. The standard InChI is InChI=1S/C69H131N2O6P/c1-6-8-10-12-14-16-18-20-22-24-26-28-30-32-33-34-35-36-37-39-41-43-45-47-49-51-53-55-57-59-61-63-69(73)70-67(66-77-78(74,75)76-65-64-71(3,4)5)68(72)62-60-58-56-54-52-50-48-46-44-42-40-38-31-29-27-25-23-21-19-17-15-13-11-9-7-2/h8,10,14,16,20,22,26,28,32-33,67-68,72H,6-7,9,11-13,15,17-19,21,23-25,27,29-31,34-66H2,1-5H3,(H-,70,73,74,75)/b10-8-,16-14-,22-20-,28-26-,33-32-. The highest BCUT2D eigenvalue weighted by atomic mass is 31.2. The van der Waals surface area contributed by atoms with Crippen molar-refractivity contribution in [2.45, 2.75) is 334 Å². The van der Waals surface area contributed by atoms with Gasteiger partial charge in [0.25, 0.3) is 7.82 Å². The average Bonchev–Trinajstić information content (AvgIpc) is 3.41. The summed E-state index contributed by atoms with van der Waals surface area (Å²) in [5.74, 6) is -0.162. The molecular weight excluding hydrogens is 984 g/mol. The molecule has 0 radical (unpaired) electrons. The number of phosphoric ester groups is 1. The highest BCUT2D eigenvalue weighted by molar-refractivity contribution is 7.45. The molecule has 3 atom stereocenters. The zero-order valence-corrected chi connectivity index (χ0v) is 53.3. The lowest BCUT2D eigenvalue weighted by molar-refractivity contribution is -0.870. The van der Waals surface area contributed by atoms with Crippen LogP contribution in [0.15, 0.2) is 60.8 Å². The molecule has 0 saturated heterocycles. The van der Waals surface area contributed by atoms with E-state index in [9.17, 15) is 19.4 Å². The van der Waals surface area contributed by atoms with E-state index in [-0.39, 0.29) is 19.1 Å². The Bertz CT molecular complexity index is 1450. The summed E-state index contributed by atoms with van der Waals surface area (Å²) < 4.78 is 23.5. The molecule has 0 spiro atoms. The van der Waals surface area contributed by atoms with Crippen molar-refractivity contribution in [1.29, 1.82) is 0 Å². The van der Waals surface area contributed by atoms with Crippen LogP contribution in [-0.4, -0.2) is 68.5 Å². The minimum Gasteiger partial charge on any atom is -0.756 e. The summed E-state index contributed by atoms with van der Waals surface area (Å²) >= 11 is 0. The average molecular weight is 1120 g/mol. The van der Waals surface area contributed by atoms with Crippen molar-refractivity contribution in [3.05, 3.63) is 60.8 Å². The zero-order chi connectivity index (χ0) is 57.0. The van der Waals surface area contributed by atoms with E-state index < -0.39 is 20.0 Å². The topological polar surface area (TPSA) is 108 Å². The molecule has 3 unspecified atom stereocenters. The van der Waals surface area contributed by atoms with Gasteiger partial charge < -0.3 is 28.8 Å². The van der Waals surface area contributed by atoms with Gasteiger partial charge in [0.05, 0.1) is 39.9 Å². The molecule has 0 fully saturated rings. The van der Waals surface area contributed by atoms with Gasteiger partial charge in [0.15, 0.2) is 0 Å². The third kappa shape index (κ3) is 61.8. The van der Waals surface area contributed by atoms with E-state index in [1.54, 1.807) is 0 Å². The Morgan fingerprint density at radius 2 is 0.782 bits per heavy atom. The number of carbonyl (C=O) groups is 1. The van der Waals surface area contributed by atoms with Crippen molar-refractivity contribution in [2.75, 3.05) is 40.9 Å². The third-order valence-corrected chi connectivity index (χ3v) is 16.2. The van der Waals surface area contributed by atoms with Crippen LogP contribution in [0.3, 0.4) is 0 Å². The third-order valence-electron chi connectivity index (χ3n) is 15.3. The van der Waals surface area contributed by atoms with Gasteiger partial charge in [0.2, 0.25) is 5.91 Å². The molecule has 9 heteroatoms. The number of hydrogen-bond donors (Lipinski definition) is 2. The van der Waals surface area contributed by atoms with Crippen molar-refractivity contribution in [1.82, 2.24) is 5.32 Å². The molecule has 0 saturated carbocycles. The van der Waals surface area contributed by atoms with Gasteiger partial charge in [0.1, 0.15) is 13.2 Å². The van der Waals surface area contributed by atoms with E-state index in [2.05, 4.69) is 79.9 Å². The molecule has 0 aromatic carbocycles. The molecule has 0 rings (SSSR count). The van der Waals surface area contributed by atoms with Gasteiger partial charge in [0, 0.05) is 6.42 Å². The summed E-state index contributed by atoms with van der Waals surface area (Å²) in [7, 11) is 1.31. The fourth-order valence-electron chi connectivity index (χ4n) is 10.1. The first-order chi connectivity index (χ1) is 38.0. The lowest BCUT2D eigenvalue weighted by atomic mass is 10.0. The van der Waals surface area contributed by atoms with Crippen LogP contribution in [0, 0.1) is 0 Å². The van der Waals surface area contributed by atoms with Crippen molar-refractivity contribution in [3.63, 3.8) is 0 Å². The van der Waals surface area contributed by atoms with Crippen LogP contribution in [0.1, 0.15) is 322 Å². The molecule has 0 aromatic heterocycles. The van der Waals surface area contributed by atoms with Crippen LogP contribution in [0.25, 0.3) is 0 Å². The smallest absolute Gasteiger partial charge is 0.268 e. The summed E-state index contributed by atoms with van der Waals surface area (Å²) in [6.45, 7) is 4.65. The second kappa shape index (κ2) is 59.8. The van der Waals surface area contributed by atoms with E-state index in [0.717, 1.165) is 70.6 Å². The fraction of sp³-hybridized carbons (Fsp3) is 0.841. The Hall–Kier alpha value is -1.80. The fourth-order valence-corrected chi connectivity index (χ4v) is 10.8. The van der Waals surface area contributed by atoms with Crippen molar-refractivity contribution >= 4 is 13.7 Å². The Kier molecular flexibility index (Phi) is 58.4. The molecule has 78 heavy (non-hydrogen) atoms. The van der Waals surface area contributed by atoms with Gasteiger partial charge >= 0.3 is 0 Å². The number of amides is 1. The number of carbonyl (C=O) groups excluding carboxylic acids is 1. The van der Waals surface area contributed by atoms with Gasteiger partial charge in [-0.1, -0.05) is 319 Å². The molecule has 8 nitrogen and oxygen atoms in total. The van der Waals surface area contributed by atoms with Crippen molar-refractivity contribution in [3.8, 4) is 0 Å². The number of hydrogen-bond acceptors (Lipinski definition) is 6. The predicted octanol–water partition coefficient (Wildman–Crippen LogP) is 20.6. The minimum atomic E-state index is -4.58. The Morgan fingerprint density at radius 1 is 0.462 bits per heavy atom. The molecule has 0 bridgehead atoms. The van der Waals surface area contributed by atoms with Crippen molar-refractivity contribution in [2.24, 2.45) is 0 Å². The first-order valence-electron chi connectivity index (χ1n) is 33.6. The van der Waals surface area contributed by atoms with Crippen molar-refractivity contribution < 1.29 is 32.9 Å². The highest BCUT2D eigenvalue weighted by Crippen LogP contribution is 2.38. The number of aliphatic hydroxyl groups excluding tert-OH is 1. The van der Waals surface area contributed by atoms with Crippen LogP contribution in [0.4, 0.5) is 0 Å². The Morgan fingerprint density at radius 3 is 1.14 bits per heavy atom. The number of nitrogens with zero attached hydrogens (tertiary/aromatic N) is 1. The Labute approximate surface area is 485 Å². The number of nitrogens with one attached hydrogen (secondary N) is 1. The molecule has 0 heterocycles. The normalized spacial score (nSPS) is 14.1. The van der Waals surface area contributed by atoms with Gasteiger partial charge in [-0.25, -0.2) is 0 Å². The predicted molar refractivity (Wildman–Crippen MR) is 339 cm³/mol. The molecular formula is C69H131N2O6P. The van der Waals surface area contributed by atoms with Gasteiger partial charge in [-0.15, -0.1) is 0 Å². The number of aliphatic hydroxyl groups is 1. The number of unbranched alkanes of at least 4 members (excludes halogenated alkanes) is 39. The number of likely N-dealkylation sites (N-methyl/N-ethyl adjacent to an activating group) is 1. The zero-order valence-electron chi connectivity index (χ0n) is 52.4.